The molecule has 2 N–H and O–H groups in total. The molecule has 1 aliphatic rings. The highest BCUT2D eigenvalue weighted by molar-refractivity contribution is 7.90. The molecule has 0 unspecified atom stereocenters. The minimum Gasteiger partial charge on any atom is -0.497 e. The van der Waals surface area contributed by atoms with E-state index in [4.69, 9.17) is 9.47 Å². The summed E-state index contributed by atoms with van der Waals surface area (Å²) in [6.45, 7) is 0. The molecule has 10 nitrogen and oxygen atoms in total. The largest absolute Gasteiger partial charge is 0.497 e. The molecule has 0 aliphatic heterocycles. The van der Waals surface area contributed by atoms with Gasteiger partial charge in [0, 0.05) is 18.2 Å². The molecule has 37 heavy (non-hydrogen) atoms. The lowest BCUT2D eigenvalue weighted by molar-refractivity contribution is -0.385. The van der Waals surface area contributed by atoms with Crippen LogP contribution in [0.3, 0.4) is 0 Å². The lowest BCUT2D eigenvalue weighted by atomic mass is 9.96. The number of sulfonamides is 1. The molecule has 0 spiro atoms. The number of rotatable bonds is 8. The van der Waals surface area contributed by atoms with E-state index < -0.39 is 31.6 Å². The van der Waals surface area contributed by atoms with Crippen molar-refractivity contribution >= 4 is 21.7 Å². The van der Waals surface area contributed by atoms with Gasteiger partial charge in [-0.2, -0.15) is 0 Å². The Morgan fingerprint density at radius 1 is 0.946 bits per heavy atom. The number of nitro groups is 1. The first-order valence-electron chi connectivity index (χ1n) is 11.8. The highest BCUT2D eigenvalue weighted by Crippen LogP contribution is 2.34. The lowest BCUT2D eigenvalue weighted by Gasteiger charge is -2.22. The number of carbonyl (C=O) groups excluding carboxylic acids is 1. The van der Waals surface area contributed by atoms with Crippen LogP contribution in [0.2, 0.25) is 0 Å². The fraction of sp³-hybridized carbons (Fsp3) is 0.269. The average molecular weight is 526 g/mol. The van der Waals surface area contributed by atoms with Crippen LogP contribution >= 0.6 is 0 Å². The molecule has 1 aliphatic carbocycles. The topological polar surface area (TPSA) is 137 Å². The zero-order valence-electron chi connectivity index (χ0n) is 20.2. The van der Waals surface area contributed by atoms with Gasteiger partial charge in [0.1, 0.15) is 22.1 Å². The third-order valence-electron chi connectivity index (χ3n) is 6.08. The van der Waals surface area contributed by atoms with Gasteiger partial charge in [0.15, 0.2) is 0 Å². The van der Waals surface area contributed by atoms with Crippen LogP contribution in [0.25, 0.3) is 11.1 Å². The fourth-order valence-electron chi connectivity index (χ4n) is 4.19. The van der Waals surface area contributed by atoms with Crippen LogP contribution in [0.5, 0.6) is 17.2 Å². The van der Waals surface area contributed by atoms with Crippen molar-refractivity contribution in [2.45, 2.75) is 43.0 Å². The maximum Gasteiger partial charge on any atom is 0.328 e. The Bertz CT molecular complexity index is 1390. The molecule has 3 aromatic carbocycles. The normalized spacial score (nSPS) is 14.0. The molecule has 0 atom stereocenters. The second-order valence-electron chi connectivity index (χ2n) is 8.66. The molecule has 0 radical (unpaired) electrons. The molecule has 11 heteroatoms. The second kappa shape index (κ2) is 11.3. The third kappa shape index (κ3) is 6.56. The average Bonchev–Trinajstić information content (AvgIpc) is 2.89. The monoisotopic (exact) mass is 525 g/mol. The SMILES string of the molecule is COc1ccc(-c2cccc(Oc3ccc([N+](=O)[O-])cc3S(=O)(=O)NC(=O)NC3CCCCC3)c2)cc1. The summed E-state index contributed by atoms with van der Waals surface area (Å²) >= 11 is 0. The number of carbonyl (C=O) groups is 1. The Hall–Kier alpha value is -4.12. The molecule has 0 heterocycles. The highest BCUT2D eigenvalue weighted by atomic mass is 32.2. The highest BCUT2D eigenvalue weighted by Gasteiger charge is 2.27. The number of hydrogen-bond donors (Lipinski definition) is 2. The predicted molar refractivity (Wildman–Crippen MR) is 137 cm³/mol. The van der Waals surface area contributed by atoms with Crippen LogP contribution in [0, 0.1) is 10.1 Å². The first kappa shape index (κ1) is 26.0. The van der Waals surface area contributed by atoms with E-state index in [2.05, 4.69) is 5.32 Å². The van der Waals surface area contributed by atoms with Gasteiger partial charge in [-0.3, -0.25) is 10.1 Å². The van der Waals surface area contributed by atoms with Crippen LogP contribution < -0.4 is 19.5 Å². The van der Waals surface area contributed by atoms with Crippen LogP contribution in [-0.2, 0) is 10.0 Å². The fourth-order valence-corrected chi connectivity index (χ4v) is 5.26. The Kier molecular flexibility index (Phi) is 7.92. The number of amides is 2. The van der Waals surface area contributed by atoms with Gasteiger partial charge in [-0.15, -0.1) is 0 Å². The molecule has 194 valence electrons. The van der Waals surface area contributed by atoms with Crippen molar-refractivity contribution in [3.05, 3.63) is 76.8 Å². The molecule has 0 bridgehead atoms. The number of non-ortho nitro benzene ring substituents is 1. The summed E-state index contributed by atoms with van der Waals surface area (Å²) in [5.41, 5.74) is 1.23. The molecular formula is C26H27N3O7S. The van der Waals surface area contributed by atoms with Crippen LogP contribution in [-0.4, -0.2) is 32.5 Å². The maximum absolute atomic E-state index is 13.1. The number of benzene rings is 3. The van der Waals surface area contributed by atoms with Gasteiger partial charge in [0.25, 0.3) is 15.7 Å². The van der Waals surface area contributed by atoms with Crippen molar-refractivity contribution < 1.29 is 27.6 Å². The number of hydrogen-bond acceptors (Lipinski definition) is 7. The zero-order valence-corrected chi connectivity index (χ0v) is 21.0. The van der Waals surface area contributed by atoms with E-state index >= 15 is 0 Å². The van der Waals surface area contributed by atoms with Gasteiger partial charge in [0.05, 0.1) is 12.0 Å². The Labute approximate surface area is 214 Å². The molecule has 0 aromatic heterocycles. The van der Waals surface area contributed by atoms with E-state index in [0.717, 1.165) is 55.4 Å². The number of nitrogens with one attached hydrogen (secondary N) is 2. The lowest BCUT2D eigenvalue weighted by Crippen LogP contribution is -2.45. The van der Waals surface area contributed by atoms with Crippen molar-refractivity contribution in [3.63, 3.8) is 0 Å². The third-order valence-corrected chi connectivity index (χ3v) is 7.43. The van der Waals surface area contributed by atoms with Crippen LogP contribution in [0.4, 0.5) is 10.5 Å². The molecule has 1 fully saturated rings. The number of urea groups is 1. The van der Waals surface area contributed by atoms with Gasteiger partial charge in [-0.1, -0.05) is 43.5 Å². The Morgan fingerprint density at radius 2 is 1.68 bits per heavy atom. The number of ether oxygens (including phenoxy) is 2. The standard InChI is InChI=1S/C26H27N3O7S/c1-35-22-13-10-18(11-14-22)19-6-5-9-23(16-19)36-24-15-12-21(29(31)32)17-25(24)37(33,34)28-26(30)27-20-7-3-2-4-8-20/h5-6,9-17,20H,2-4,7-8H2,1H3,(H2,27,28,30). The van der Waals surface area contributed by atoms with Gasteiger partial charge >= 0.3 is 6.03 Å². The zero-order chi connectivity index (χ0) is 26.4. The summed E-state index contributed by atoms with van der Waals surface area (Å²) in [5, 5.41) is 14.0. The van der Waals surface area contributed by atoms with Crippen molar-refractivity contribution in [3.8, 4) is 28.4 Å². The van der Waals surface area contributed by atoms with Gasteiger partial charge in [-0.05, 0) is 54.3 Å². The molecule has 0 saturated heterocycles. The summed E-state index contributed by atoms with van der Waals surface area (Å²) in [4.78, 5) is 22.6. The second-order valence-corrected chi connectivity index (χ2v) is 10.3. The first-order valence-corrected chi connectivity index (χ1v) is 13.3. The van der Waals surface area contributed by atoms with Gasteiger partial charge in [0.2, 0.25) is 0 Å². The van der Waals surface area contributed by atoms with Crippen molar-refractivity contribution in [2.24, 2.45) is 0 Å². The molecule has 3 aromatic rings. The summed E-state index contributed by atoms with van der Waals surface area (Å²) in [6, 6.07) is 16.5. The quantitative estimate of drug-likeness (QED) is 0.297. The van der Waals surface area contributed by atoms with E-state index in [1.54, 1.807) is 25.3 Å². The van der Waals surface area contributed by atoms with Gasteiger partial charge in [-0.25, -0.2) is 17.9 Å². The van der Waals surface area contributed by atoms with E-state index in [1.807, 2.05) is 35.1 Å². The molecule has 4 rings (SSSR count). The Morgan fingerprint density at radius 3 is 2.35 bits per heavy atom. The predicted octanol–water partition coefficient (Wildman–Crippen LogP) is 5.38. The summed E-state index contributed by atoms with van der Waals surface area (Å²) < 4.78 is 39.3. The van der Waals surface area contributed by atoms with E-state index in [0.29, 0.717) is 11.5 Å². The van der Waals surface area contributed by atoms with Crippen molar-refractivity contribution in [1.82, 2.24) is 10.0 Å². The molecular weight excluding hydrogens is 498 g/mol. The van der Waals surface area contributed by atoms with E-state index in [1.165, 1.54) is 6.07 Å². The Balaban J connectivity index is 1.60. The van der Waals surface area contributed by atoms with Crippen LogP contribution in [0.15, 0.2) is 71.6 Å². The van der Waals surface area contributed by atoms with E-state index in [-0.39, 0.29) is 11.8 Å². The number of methoxy groups -OCH3 is 1. The molecule has 1 saturated carbocycles. The minimum atomic E-state index is -4.49. The first-order chi connectivity index (χ1) is 17.7. The summed E-state index contributed by atoms with van der Waals surface area (Å²) in [6.07, 6.45) is 4.52. The smallest absolute Gasteiger partial charge is 0.328 e. The molecule has 2 amide bonds. The van der Waals surface area contributed by atoms with Crippen molar-refractivity contribution in [2.75, 3.05) is 7.11 Å². The summed E-state index contributed by atoms with van der Waals surface area (Å²) in [5.74, 6) is 0.859. The maximum atomic E-state index is 13.1. The number of nitrogens with zero attached hydrogens (tertiary/aromatic N) is 1. The number of nitro benzene ring substituents is 1. The summed E-state index contributed by atoms with van der Waals surface area (Å²) in [7, 11) is -2.92. The van der Waals surface area contributed by atoms with Crippen molar-refractivity contribution in [1.29, 1.82) is 0 Å². The van der Waals surface area contributed by atoms with E-state index in [9.17, 15) is 23.3 Å². The van der Waals surface area contributed by atoms with Gasteiger partial charge < -0.3 is 14.8 Å². The van der Waals surface area contributed by atoms with Crippen LogP contribution in [0.1, 0.15) is 32.1 Å². The minimum absolute atomic E-state index is 0.120.